The standard InChI is InChI=1S/C24H25N3/c1-24(18-25)22(20-13-7-3-8-14-20)27(17-19-11-5-2-6-12-19)23(26-24)21-15-9-4-10-16-21/h2-16,22H,17-18,25H2,1H3. The highest BCUT2D eigenvalue weighted by Gasteiger charge is 2.45. The van der Waals surface area contributed by atoms with E-state index in [1.807, 2.05) is 6.07 Å². The van der Waals surface area contributed by atoms with Crippen LogP contribution in [0.3, 0.4) is 0 Å². The topological polar surface area (TPSA) is 41.6 Å². The molecule has 1 aliphatic heterocycles. The average Bonchev–Trinajstić information content (AvgIpc) is 3.03. The first kappa shape index (κ1) is 17.5. The molecule has 3 nitrogen and oxygen atoms in total. The summed E-state index contributed by atoms with van der Waals surface area (Å²) in [5.41, 5.74) is 9.53. The molecule has 2 atom stereocenters. The van der Waals surface area contributed by atoms with E-state index in [0.29, 0.717) is 6.54 Å². The zero-order valence-corrected chi connectivity index (χ0v) is 15.6. The van der Waals surface area contributed by atoms with E-state index in [1.54, 1.807) is 0 Å². The molecule has 27 heavy (non-hydrogen) atoms. The van der Waals surface area contributed by atoms with Crippen molar-refractivity contribution in [3.05, 3.63) is 108 Å². The van der Waals surface area contributed by atoms with E-state index in [2.05, 4.69) is 96.8 Å². The van der Waals surface area contributed by atoms with Gasteiger partial charge in [-0.2, -0.15) is 0 Å². The van der Waals surface area contributed by atoms with Gasteiger partial charge >= 0.3 is 0 Å². The maximum absolute atomic E-state index is 6.26. The predicted molar refractivity (Wildman–Crippen MR) is 112 cm³/mol. The van der Waals surface area contributed by atoms with Gasteiger partial charge < -0.3 is 10.6 Å². The van der Waals surface area contributed by atoms with Crippen LogP contribution in [0.4, 0.5) is 0 Å². The van der Waals surface area contributed by atoms with Gasteiger partial charge in [-0.25, -0.2) is 0 Å². The van der Waals surface area contributed by atoms with Crippen LogP contribution in [-0.4, -0.2) is 22.8 Å². The van der Waals surface area contributed by atoms with E-state index in [0.717, 1.165) is 17.9 Å². The summed E-state index contributed by atoms with van der Waals surface area (Å²) >= 11 is 0. The van der Waals surface area contributed by atoms with E-state index in [4.69, 9.17) is 10.7 Å². The summed E-state index contributed by atoms with van der Waals surface area (Å²) in [4.78, 5) is 7.57. The Bertz CT molecular complexity index is 906. The van der Waals surface area contributed by atoms with Crippen molar-refractivity contribution in [2.45, 2.75) is 25.0 Å². The molecule has 0 saturated carbocycles. The molecule has 4 rings (SSSR count). The van der Waals surface area contributed by atoms with Crippen molar-refractivity contribution < 1.29 is 0 Å². The van der Waals surface area contributed by atoms with Gasteiger partial charge in [0.15, 0.2) is 0 Å². The molecule has 3 aromatic rings. The summed E-state index contributed by atoms with van der Waals surface area (Å²) in [5, 5.41) is 0. The van der Waals surface area contributed by atoms with Crippen LogP contribution in [0.5, 0.6) is 0 Å². The second kappa shape index (κ2) is 7.37. The maximum atomic E-state index is 6.26. The van der Waals surface area contributed by atoms with Crippen LogP contribution in [0.25, 0.3) is 0 Å². The fourth-order valence-electron chi connectivity index (χ4n) is 3.92. The molecular formula is C24H25N3. The normalized spacial score (nSPS) is 21.9. The van der Waals surface area contributed by atoms with E-state index in [-0.39, 0.29) is 11.6 Å². The summed E-state index contributed by atoms with van der Waals surface area (Å²) in [7, 11) is 0. The smallest absolute Gasteiger partial charge is 0.132 e. The van der Waals surface area contributed by atoms with Gasteiger partial charge in [0, 0.05) is 18.7 Å². The lowest BCUT2D eigenvalue weighted by atomic mass is 9.87. The van der Waals surface area contributed by atoms with Gasteiger partial charge in [0.2, 0.25) is 0 Å². The minimum Gasteiger partial charge on any atom is -0.343 e. The third-order valence-corrected chi connectivity index (χ3v) is 5.29. The second-order valence-corrected chi connectivity index (χ2v) is 7.29. The summed E-state index contributed by atoms with van der Waals surface area (Å²) in [6.45, 7) is 3.45. The molecule has 3 aromatic carbocycles. The molecule has 3 heteroatoms. The molecule has 0 bridgehead atoms. The second-order valence-electron chi connectivity index (χ2n) is 7.29. The van der Waals surface area contributed by atoms with E-state index in [1.165, 1.54) is 11.1 Å². The predicted octanol–water partition coefficient (Wildman–Crippen LogP) is 4.41. The number of benzene rings is 3. The quantitative estimate of drug-likeness (QED) is 0.737. The molecule has 0 aromatic heterocycles. The number of nitrogens with zero attached hydrogens (tertiary/aromatic N) is 2. The van der Waals surface area contributed by atoms with Crippen molar-refractivity contribution >= 4 is 5.84 Å². The summed E-state index contributed by atoms with van der Waals surface area (Å²) in [5.74, 6) is 1.02. The highest BCUT2D eigenvalue weighted by molar-refractivity contribution is 6.00. The van der Waals surface area contributed by atoms with Crippen LogP contribution in [0.2, 0.25) is 0 Å². The number of hydrogen-bond donors (Lipinski definition) is 1. The SMILES string of the molecule is CC1(CN)N=C(c2ccccc2)N(Cc2ccccc2)C1c1ccccc1. The Morgan fingerprint density at radius 2 is 1.41 bits per heavy atom. The van der Waals surface area contributed by atoms with E-state index >= 15 is 0 Å². The number of hydrogen-bond acceptors (Lipinski definition) is 3. The Kier molecular flexibility index (Phi) is 4.78. The summed E-state index contributed by atoms with van der Waals surface area (Å²) in [6.07, 6.45) is 0. The maximum Gasteiger partial charge on any atom is 0.132 e. The largest absolute Gasteiger partial charge is 0.343 e. The number of nitrogens with two attached hydrogens (primary N) is 1. The lowest BCUT2D eigenvalue weighted by Gasteiger charge is -2.35. The molecule has 0 amide bonds. The molecule has 136 valence electrons. The first-order chi connectivity index (χ1) is 13.2. The average molecular weight is 355 g/mol. The zero-order valence-electron chi connectivity index (χ0n) is 15.6. The molecule has 1 aliphatic rings. The minimum atomic E-state index is -0.374. The van der Waals surface area contributed by atoms with Gasteiger partial charge in [0.1, 0.15) is 5.84 Å². The molecule has 0 fully saturated rings. The van der Waals surface area contributed by atoms with Gasteiger partial charge in [-0.3, -0.25) is 4.99 Å². The Labute approximate surface area is 161 Å². The van der Waals surface area contributed by atoms with Crippen LogP contribution >= 0.6 is 0 Å². The lowest BCUT2D eigenvalue weighted by molar-refractivity contribution is 0.243. The molecule has 0 saturated heterocycles. The van der Waals surface area contributed by atoms with Crippen LogP contribution < -0.4 is 5.73 Å². The van der Waals surface area contributed by atoms with E-state index < -0.39 is 0 Å². The fourth-order valence-corrected chi connectivity index (χ4v) is 3.92. The van der Waals surface area contributed by atoms with Crippen LogP contribution in [0.15, 0.2) is 96.0 Å². The van der Waals surface area contributed by atoms with Crippen molar-refractivity contribution in [1.29, 1.82) is 0 Å². The van der Waals surface area contributed by atoms with Crippen LogP contribution in [-0.2, 0) is 6.54 Å². The van der Waals surface area contributed by atoms with Crippen LogP contribution in [0, 0.1) is 0 Å². The van der Waals surface area contributed by atoms with Crippen molar-refractivity contribution in [1.82, 2.24) is 4.90 Å². The monoisotopic (exact) mass is 355 g/mol. The number of aliphatic imine (C=N–C) groups is 1. The molecule has 0 spiro atoms. The number of amidine groups is 1. The van der Waals surface area contributed by atoms with Gasteiger partial charge in [0.05, 0.1) is 11.6 Å². The Morgan fingerprint density at radius 1 is 0.852 bits per heavy atom. The van der Waals surface area contributed by atoms with Gasteiger partial charge in [-0.05, 0) is 18.1 Å². The molecule has 0 radical (unpaired) electrons. The van der Waals surface area contributed by atoms with Crippen molar-refractivity contribution in [2.75, 3.05) is 6.54 Å². The van der Waals surface area contributed by atoms with Crippen molar-refractivity contribution in [3.8, 4) is 0 Å². The molecule has 2 unspecified atom stereocenters. The molecule has 0 aliphatic carbocycles. The highest BCUT2D eigenvalue weighted by Crippen LogP contribution is 2.42. The van der Waals surface area contributed by atoms with Gasteiger partial charge in [-0.15, -0.1) is 0 Å². The van der Waals surface area contributed by atoms with Crippen molar-refractivity contribution in [3.63, 3.8) is 0 Å². The van der Waals surface area contributed by atoms with Gasteiger partial charge in [0.25, 0.3) is 0 Å². The summed E-state index contributed by atoms with van der Waals surface area (Å²) < 4.78 is 0. The molecule has 1 heterocycles. The first-order valence-electron chi connectivity index (χ1n) is 9.42. The van der Waals surface area contributed by atoms with Crippen molar-refractivity contribution in [2.24, 2.45) is 10.7 Å². The fraction of sp³-hybridized carbons (Fsp3) is 0.208. The molecular weight excluding hydrogens is 330 g/mol. The van der Waals surface area contributed by atoms with E-state index in [9.17, 15) is 0 Å². The Morgan fingerprint density at radius 3 is 2.00 bits per heavy atom. The van der Waals surface area contributed by atoms with Gasteiger partial charge in [-0.1, -0.05) is 91.0 Å². The molecule has 2 N–H and O–H groups in total. The highest BCUT2D eigenvalue weighted by atomic mass is 15.3. The zero-order chi connectivity index (χ0) is 18.7. The number of rotatable bonds is 5. The first-order valence-corrected chi connectivity index (χ1v) is 9.42. The third-order valence-electron chi connectivity index (χ3n) is 5.29. The third kappa shape index (κ3) is 3.38. The Hall–Kier alpha value is -2.91. The summed E-state index contributed by atoms with van der Waals surface area (Å²) in [6, 6.07) is 31.7. The lowest BCUT2D eigenvalue weighted by Crippen LogP contribution is -2.42. The minimum absolute atomic E-state index is 0.0964. The van der Waals surface area contributed by atoms with Crippen LogP contribution in [0.1, 0.15) is 29.7 Å². The Balaban J connectivity index is 1.82.